The smallest absolute Gasteiger partial charge is 0.157 e. The molecule has 0 radical (unpaired) electrons. The number of hydrogen-bond acceptors (Lipinski definition) is 3. The van der Waals surface area contributed by atoms with E-state index in [9.17, 15) is 0 Å². The van der Waals surface area contributed by atoms with E-state index in [1.165, 1.54) is 0 Å². The molecule has 0 aliphatic carbocycles. The fraction of sp³-hybridized carbons (Fsp3) is 0.222. The van der Waals surface area contributed by atoms with Gasteiger partial charge in [-0.2, -0.15) is 10.4 Å². The summed E-state index contributed by atoms with van der Waals surface area (Å²) in [5.41, 5.74) is 0.845. The third-order valence-electron chi connectivity index (χ3n) is 1.83. The fourth-order valence-electron chi connectivity index (χ4n) is 1.23. The van der Waals surface area contributed by atoms with Gasteiger partial charge in [-0.05, 0) is 12.1 Å². The van der Waals surface area contributed by atoms with Gasteiger partial charge in [0.15, 0.2) is 5.65 Å². The average Bonchev–Trinajstić information content (AvgIpc) is 2.58. The summed E-state index contributed by atoms with van der Waals surface area (Å²) in [5, 5.41) is 13.6. The minimum absolute atomic E-state index is 0.466. The number of pyridine rings is 1. The van der Waals surface area contributed by atoms with Crippen LogP contribution in [-0.4, -0.2) is 14.8 Å². The van der Waals surface area contributed by atoms with Crippen LogP contribution in [0.2, 0.25) is 0 Å². The first-order valence-electron chi connectivity index (χ1n) is 4.05. The highest BCUT2D eigenvalue weighted by Gasteiger charge is 2.00. The molecule has 0 aliphatic heterocycles. The van der Waals surface area contributed by atoms with Gasteiger partial charge in [0.2, 0.25) is 0 Å². The number of nitriles is 1. The molecular weight excluding hydrogens is 164 g/mol. The standard InChI is InChI=1S/C9H8N4/c10-4-2-6-13-9-8(7-12-13)3-1-5-11-9/h1,3,5,7H,2,6H2. The molecular formula is C9H8N4. The first kappa shape index (κ1) is 7.74. The van der Waals surface area contributed by atoms with E-state index < -0.39 is 0 Å². The Morgan fingerprint density at radius 1 is 1.54 bits per heavy atom. The van der Waals surface area contributed by atoms with Gasteiger partial charge in [-0.25, -0.2) is 9.67 Å². The molecule has 13 heavy (non-hydrogen) atoms. The van der Waals surface area contributed by atoms with E-state index in [-0.39, 0.29) is 0 Å². The monoisotopic (exact) mass is 172 g/mol. The predicted molar refractivity (Wildman–Crippen MR) is 47.8 cm³/mol. The SMILES string of the molecule is N#CCCn1ncc2cccnc21. The molecule has 2 aromatic heterocycles. The number of rotatable bonds is 2. The van der Waals surface area contributed by atoms with Gasteiger partial charge in [-0.1, -0.05) is 0 Å². The van der Waals surface area contributed by atoms with Crippen molar-refractivity contribution in [2.45, 2.75) is 13.0 Å². The highest BCUT2D eigenvalue weighted by Crippen LogP contribution is 2.09. The van der Waals surface area contributed by atoms with E-state index in [0.717, 1.165) is 11.0 Å². The van der Waals surface area contributed by atoms with Crippen LogP contribution in [0.4, 0.5) is 0 Å². The highest BCUT2D eigenvalue weighted by atomic mass is 15.3. The summed E-state index contributed by atoms with van der Waals surface area (Å²) in [6.07, 6.45) is 3.96. The molecule has 0 amide bonds. The Balaban J connectivity index is 2.41. The van der Waals surface area contributed by atoms with Crippen LogP contribution in [0.15, 0.2) is 24.5 Å². The Kier molecular flexibility index (Phi) is 1.93. The molecule has 0 unspecified atom stereocenters. The van der Waals surface area contributed by atoms with Gasteiger partial charge in [-0.15, -0.1) is 0 Å². The summed E-state index contributed by atoms with van der Waals surface area (Å²) >= 11 is 0. The zero-order valence-electron chi connectivity index (χ0n) is 7.01. The molecule has 0 aliphatic rings. The summed E-state index contributed by atoms with van der Waals surface area (Å²) in [6, 6.07) is 5.91. The molecule has 64 valence electrons. The molecule has 0 aromatic carbocycles. The maximum absolute atomic E-state index is 8.43. The molecule has 0 N–H and O–H groups in total. The van der Waals surface area contributed by atoms with Crippen LogP contribution in [-0.2, 0) is 6.54 Å². The van der Waals surface area contributed by atoms with Crippen LogP contribution < -0.4 is 0 Å². The third kappa shape index (κ3) is 1.36. The number of nitrogens with zero attached hydrogens (tertiary/aromatic N) is 4. The maximum Gasteiger partial charge on any atom is 0.157 e. The number of hydrogen-bond donors (Lipinski definition) is 0. The van der Waals surface area contributed by atoms with Gasteiger partial charge < -0.3 is 0 Å². The van der Waals surface area contributed by atoms with Gasteiger partial charge in [0, 0.05) is 11.6 Å². The molecule has 0 bridgehead atoms. The van der Waals surface area contributed by atoms with E-state index in [4.69, 9.17) is 5.26 Å². The van der Waals surface area contributed by atoms with Crippen LogP contribution in [0.25, 0.3) is 11.0 Å². The average molecular weight is 172 g/mol. The Morgan fingerprint density at radius 3 is 3.31 bits per heavy atom. The lowest BCUT2D eigenvalue weighted by Gasteiger charge is -1.96. The minimum atomic E-state index is 0.466. The molecule has 0 fully saturated rings. The van der Waals surface area contributed by atoms with Crippen molar-refractivity contribution >= 4 is 11.0 Å². The molecule has 0 saturated carbocycles. The van der Waals surface area contributed by atoms with Crippen molar-refractivity contribution in [1.29, 1.82) is 5.26 Å². The molecule has 2 heterocycles. The van der Waals surface area contributed by atoms with Gasteiger partial charge in [-0.3, -0.25) is 0 Å². The molecule has 0 saturated heterocycles. The summed E-state index contributed by atoms with van der Waals surface area (Å²) in [4.78, 5) is 4.19. The zero-order chi connectivity index (χ0) is 9.10. The van der Waals surface area contributed by atoms with Gasteiger partial charge in [0.25, 0.3) is 0 Å². The largest absolute Gasteiger partial charge is 0.246 e. The van der Waals surface area contributed by atoms with Gasteiger partial charge >= 0.3 is 0 Å². The van der Waals surface area contributed by atoms with E-state index in [0.29, 0.717) is 13.0 Å². The Bertz CT molecular complexity index is 452. The minimum Gasteiger partial charge on any atom is -0.246 e. The van der Waals surface area contributed by atoms with Crippen molar-refractivity contribution in [2.24, 2.45) is 0 Å². The van der Waals surface area contributed by atoms with Gasteiger partial charge in [0.05, 0.1) is 25.2 Å². The van der Waals surface area contributed by atoms with Crippen molar-refractivity contribution < 1.29 is 0 Å². The highest BCUT2D eigenvalue weighted by molar-refractivity contribution is 5.73. The quantitative estimate of drug-likeness (QED) is 0.687. The molecule has 2 aromatic rings. The first-order valence-corrected chi connectivity index (χ1v) is 4.05. The van der Waals surface area contributed by atoms with Crippen molar-refractivity contribution in [1.82, 2.24) is 14.8 Å². The Hall–Kier alpha value is -1.89. The molecule has 4 nitrogen and oxygen atoms in total. The van der Waals surface area contributed by atoms with Crippen LogP contribution in [0.3, 0.4) is 0 Å². The van der Waals surface area contributed by atoms with Crippen molar-refractivity contribution in [3.05, 3.63) is 24.5 Å². The molecule has 2 rings (SSSR count). The van der Waals surface area contributed by atoms with Crippen molar-refractivity contribution in [2.75, 3.05) is 0 Å². The summed E-state index contributed by atoms with van der Waals surface area (Å²) in [5.74, 6) is 0. The van der Waals surface area contributed by atoms with Crippen LogP contribution in [0, 0.1) is 11.3 Å². The third-order valence-corrected chi connectivity index (χ3v) is 1.83. The summed E-state index contributed by atoms with van der Waals surface area (Å²) < 4.78 is 1.75. The topological polar surface area (TPSA) is 54.5 Å². The van der Waals surface area contributed by atoms with E-state index >= 15 is 0 Å². The number of aryl methyl sites for hydroxylation is 1. The lowest BCUT2D eigenvalue weighted by molar-refractivity contribution is 0.643. The second-order valence-electron chi connectivity index (χ2n) is 2.69. The molecule has 0 spiro atoms. The predicted octanol–water partition coefficient (Wildman–Crippen LogP) is 1.34. The summed E-state index contributed by atoms with van der Waals surface area (Å²) in [6.45, 7) is 0.608. The number of fused-ring (bicyclic) bond motifs is 1. The normalized spacial score (nSPS) is 10.1. The second-order valence-corrected chi connectivity index (χ2v) is 2.69. The Labute approximate surface area is 75.4 Å². The fourth-order valence-corrected chi connectivity index (χ4v) is 1.23. The zero-order valence-corrected chi connectivity index (χ0v) is 7.01. The Morgan fingerprint density at radius 2 is 2.46 bits per heavy atom. The lowest BCUT2D eigenvalue weighted by Crippen LogP contribution is -1.99. The molecule has 0 atom stereocenters. The summed E-state index contributed by atoms with van der Waals surface area (Å²) in [7, 11) is 0. The van der Waals surface area contributed by atoms with Crippen LogP contribution in [0.1, 0.15) is 6.42 Å². The lowest BCUT2D eigenvalue weighted by atomic mass is 10.3. The van der Waals surface area contributed by atoms with Crippen molar-refractivity contribution in [3.8, 4) is 6.07 Å². The first-order chi connectivity index (χ1) is 6.42. The second kappa shape index (κ2) is 3.23. The van der Waals surface area contributed by atoms with E-state index in [1.54, 1.807) is 17.1 Å². The van der Waals surface area contributed by atoms with Crippen molar-refractivity contribution in [3.63, 3.8) is 0 Å². The number of aromatic nitrogens is 3. The van der Waals surface area contributed by atoms with Gasteiger partial charge in [0.1, 0.15) is 0 Å². The van der Waals surface area contributed by atoms with Crippen LogP contribution >= 0.6 is 0 Å². The van der Waals surface area contributed by atoms with E-state index in [2.05, 4.69) is 16.2 Å². The maximum atomic E-state index is 8.43. The van der Waals surface area contributed by atoms with Crippen LogP contribution in [0.5, 0.6) is 0 Å². The molecule has 4 heteroatoms. The van der Waals surface area contributed by atoms with E-state index in [1.807, 2.05) is 12.1 Å².